The highest BCUT2D eigenvalue weighted by atomic mass is 16.5. The minimum atomic E-state index is -0.476. The van der Waals surface area contributed by atoms with Gasteiger partial charge in [0, 0.05) is 19.3 Å². The molecule has 4 nitrogen and oxygen atoms in total. The fourth-order valence-corrected chi connectivity index (χ4v) is 5.64. The van der Waals surface area contributed by atoms with Gasteiger partial charge in [0.2, 0.25) is 5.91 Å². The molecule has 1 N–H and O–H groups in total. The summed E-state index contributed by atoms with van der Waals surface area (Å²) in [5.74, 6) is 3.39. The van der Waals surface area contributed by atoms with E-state index in [1.54, 1.807) is 7.11 Å². The Morgan fingerprint density at radius 1 is 1.19 bits per heavy atom. The van der Waals surface area contributed by atoms with Crippen molar-refractivity contribution < 1.29 is 14.3 Å². The van der Waals surface area contributed by atoms with E-state index in [-0.39, 0.29) is 11.9 Å². The van der Waals surface area contributed by atoms with Crippen LogP contribution in [0.15, 0.2) is 24.3 Å². The van der Waals surface area contributed by atoms with Gasteiger partial charge >= 0.3 is 0 Å². The molecule has 4 heteroatoms. The van der Waals surface area contributed by atoms with E-state index in [1.807, 2.05) is 24.3 Å². The number of benzene rings is 1. The molecule has 1 aromatic carbocycles. The van der Waals surface area contributed by atoms with E-state index in [0.717, 1.165) is 36.0 Å². The van der Waals surface area contributed by atoms with Crippen LogP contribution >= 0.6 is 0 Å². The van der Waals surface area contributed by atoms with Gasteiger partial charge in [-0.2, -0.15) is 0 Å². The van der Waals surface area contributed by atoms with E-state index in [0.29, 0.717) is 19.1 Å². The van der Waals surface area contributed by atoms with Crippen LogP contribution in [0.2, 0.25) is 0 Å². The first-order chi connectivity index (χ1) is 12.6. The summed E-state index contributed by atoms with van der Waals surface area (Å²) in [5.41, 5.74) is 0.607. The number of fused-ring (bicyclic) bond motifs is 2. The lowest BCUT2D eigenvalue weighted by molar-refractivity contribution is -0.131. The molecule has 2 aliphatic carbocycles. The number of nitrogens with one attached hydrogen (secondary N) is 1. The summed E-state index contributed by atoms with van der Waals surface area (Å²) in [4.78, 5) is 13.5. The predicted molar refractivity (Wildman–Crippen MR) is 101 cm³/mol. The predicted octanol–water partition coefficient (Wildman–Crippen LogP) is 3.68. The molecule has 1 saturated heterocycles. The summed E-state index contributed by atoms with van der Waals surface area (Å²) in [6.45, 7) is 3.49. The molecular formula is C22H31NO3. The minimum Gasteiger partial charge on any atom is -0.497 e. The van der Waals surface area contributed by atoms with Crippen molar-refractivity contribution >= 4 is 5.91 Å². The topological polar surface area (TPSA) is 47.6 Å². The van der Waals surface area contributed by atoms with Gasteiger partial charge in [0.15, 0.2) is 0 Å². The van der Waals surface area contributed by atoms with Crippen molar-refractivity contribution in [1.29, 1.82) is 0 Å². The van der Waals surface area contributed by atoms with Crippen molar-refractivity contribution in [2.75, 3.05) is 20.3 Å². The van der Waals surface area contributed by atoms with Crippen LogP contribution in [0.25, 0.3) is 0 Å². The van der Waals surface area contributed by atoms with Gasteiger partial charge in [0.05, 0.1) is 12.5 Å². The molecule has 2 saturated carbocycles. The zero-order valence-electron chi connectivity index (χ0n) is 16.0. The zero-order valence-corrected chi connectivity index (χ0v) is 16.0. The lowest BCUT2D eigenvalue weighted by atomic mass is 9.73. The highest BCUT2D eigenvalue weighted by Crippen LogP contribution is 2.49. The average Bonchev–Trinajstić information content (AvgIpc) is 3.32. The van der Waals surface area contributed by atoms with Gasteiger partial charge in [-0.3, -0.25) is 4.79 Å². The molecule has 142 valence electrons. The monoisotopic (exact) mass is 357 g/mol. The van der Waals surface area contributed by atoms with Crippen LogP contribution in [-0.4, -0.2) is 32.3 Å². The summed E-state index contributed by atoms with van der Waals surface area (Å²) >= 11 is 0. The Bertz CT molecular complexity index is 635. The zero-order chi connectivity index (χ0) is 18.1. The molecular weight excluding hydrogens is 326 g/mol. The highest BCUT2D eigenvalue weighted by Gasteiger charge is 2.45. The van der Waals surface area contributed by atoms with Gasteiger partial charge in [-0.1, -0.05) is 18.6 Å². The molecule has 1 amide bonds. The third kappa shape index (κ3) is 3.13. The van der Waals surface area contributed by atoms with Crippen LogP contribution in [-0.2, 0) is 14.9 Å². The summed E-state index contributed by atoms with van der Waals surface area (Å²) in [5, 5.41) is 3.42. The Labute approximate surface area is 156 Å². The maximum atomic E-state index is 13.5. The van der Waals surface area contributed by atoms with Crippen LogP contribution in [0.3, 0.4) is 0 Å². The standard InChI is InChI=1S/C22H31NO3/c1-15(20-14-16-3-4-17(20)13-16)23-21(24)22(9-11-26-12-10-22)18-5-7-19(25-2)8-6-18/h5-8,15-17,20H,3-4,9-14H2,1-2H3,(H,23,24)/t15-,16-,17-,20+/m0/s1. The Balaban J connectivity index is 1.52. The molecule has 3 aliphatic rings. The van der Waals surface area contributed by atoms with Crippen LogP contribution in [0.1, 0.15) is 51.0 Å². The van der Waals surface area contributed by atoms with Crippen LogP contribution in [0.4, 0.5) is 0 Å². The second kappa shape index (κ2) is 7.22. The number of ether oxygens (including phenoxy) is 2. The average molecular weight is 357 g/mol. The van der Waals surface area contributed by atoms with Gasteiger partial charge in [0.25, 0.3) is 0 Å². The maximum absolute atomic E-state index is 13.5. The Hall–Kier alpha value is -1.55. The first-order valence-electron chi connectivity index (χ1n) is 10.2. The van der Waals surface area contributed by atoms with E-state index in [4.69, 9.17) is 9.47 Å². The second-order valence-corrected chi connectivity index (χ2v) is 8.52. The van der Waals surface area contributed by atoms with Crippen molar-refractivity contribution in [2.24, 2.45) is 17.8 Å². The number of carbonyl (C=O) groups excluding carboxylic acids is 1. The second-order valence-electron chi connectivity index (χ2n) is 8.52. The highest BCUT2D eigenvalue weighted by molar-refractivity contribution is 5.88. The molecule has 4 rings (SSSR count). The van der Waals surface area contributed by atoms with Crippen molar-refractivity contribution in [3.8, 4) is 5.75 Å². The minimum absolute atomic E-state index is 0.182. The lowest BCUT2D eigenvalue weighted by Gasteiger charge is -2.38. The van der Waals surface area contributed by atoms with Crippen molar-refractivity contribution in [3.63, 3.8) is 0 Å². The third-order valence-corrected chi connectivity index (χ3v) is 7.22. The SMILES string of the molecule is COc1ccc(C2(C(=O)N[C@@H](C)[C@H]3C[C@H]4CC[C@H]3C4)CCOCC2)cc1. The fraction of sp³-hybridized carbons (Fsp3) is 0.682. The Morgan fingerprint density at radius 2 is 1.92 bits per heavy atom. The molecule has 0 spiro atoms. The van der Waals surface area contributed by atoms with Crippen molar-refractivity contribution in [1.82, 2.24) is 5.32 Å². The first-order valence-corrected chi connectivity index (χ1v) is 10.2. The van der Waals surface area contributed by atoms with Gasteiger partial charge in [-0.05, 0) is 74.5 Å². The largest absolute Gasteiger partial charge is 0.497 e. The molecule has 3 fully saturated rings. The van der Waals surface area contributed by atoms with Gasteiger partial charge in [0.1, 0.15) is 5.75 Å². The van der Waals surface area contributed by atoms with Crippen LogP contribution in [0.5, 0.6) is 5.75 Å². The summed E-state index contributed by atoms with van der Waals surface area (Å²) < 4.78 is 10.9. The van der Waals surface area contributed by atoms with Crippen molar-refractivity contribution in [2.45, 2.75) is 56.9 Å². The molecule has 1 aliphatic heterocycles. The molecule has 26 heavy (non-hydrogen) atoms. The number of methoxy groups -OCH3 is 1. The number of hydrogen-bond acceptors (Lipinski definition) is 3. The smallest absolute Gasteiger partial charge is 0.231 e. The molecule has 1 aromatic rings. The molecule has 2 bridgehead atoms. The number of amides is 1. The lowest BCUT2D eigenvalue weighted by Crippen LogP contribution is -2.52. The quantitative estimate of drug-likeness (QED) is 0.874. The van der Waals surface area contributed by atoms with E-state index in [1.165, 1.54) is 25.7 Å². The van der Waals surface area contributed by atoms with Gasteiger partial charge < -0.3 is 14.8 Å². The van der Waals surface area contributed by atoms with E-state index in [9.17, 15) is 4.79 Å². The van der Waals surface area contributed by atoms with E-state index < -0.39 is 5.41 Å². The molecule has 1 heterocycles. The number of hydrogen-bond donors (Lipinski definition) is 1. The molecule has 0 aromatic heterocycles. The van der Waals surface area contributed by atoms with Crippen LogP contribution < -0.4 is 10.1 Å². The molecule has 0 radical (unpaired) electrons. The third-order valence-electron chi connectivity index (χ3n) is 7.22. The summed E-state index contributed by atoms with van der Waals surface area (Å²) in [6, 6.07) is 8.27. The maximum Gasteiger partial charge on any atom is 0.231 e. The fourth-order valence-electron chi connectivity index (χ4n) is 5.64. The van der Waals surface area contributed by atoms with Gasteiger partial charge in [-0.25, -0.2) is 0 Å². The van der Waals surface area contributed by atoms with E-state index in [2.05, 4.69) is 12.2 Å². The number of carbonyl (C=O) groups is 1. The first kappa shape index (κ1) is 17.8. The van der Waals surface area contributed by atoms with E-state index >= 15 is 0 Å². The Morgan fingerprint density at radius 3 is 2.50 bits per heavy atom. The summed E-state index contributed by atoms with van der Waals surface area (Å²) in [7, 11) is 1.67. The number of rotatable bonds is 5. The summed E-state index contributed by atoms with van der Waals surface area (Å²) in [6.07, 6.45) is 6.91. The Kier molecular flexibility index (Phi) is 4.96. The molecule has 4 atom stereocenters. The van der Waals surface area contributed by atoms with Crippen LogP contribution in [0, 0.1) is 17.8 Å². The normalized spacial score (nSPS) is 30.8. The van der Waals surface area contributed by atoms with Crippen molar-refractivity contribution in [3.05, 3.63) is 29.8 Å². The molecule has 0 unspecified atom stereocenters. The van der Waals surface area contributed by atoms with Gasteiger partial charge in [-0.15, -0.1) is 0 Å².